The van der Waals surface area contributed by atoms with E-state index in [1.165, 1.54) is 56.6 Å². The molecule has 2 aliphatic rings. The number of hydrogen-bond donors (Lipinski definition) is 0. The second-order valence-electron chi connectivity index (χ2n) is 15.9. The van der Waals surface area contributed by atoms with Gasteiger partial charge >= 0.3 is 0 Å². The van der Waals surface area contributed by atoms with Crippen LogP contribution in [-0.4, -0.2) is 0 Å². The number of anilines is 6. The van der Waals surface area contributed by atoms with Gasteiger partial charge < -0.3 is 9.80 Å². The molecule has 2 nitrogen and oxygen atoms in total. The van der Waals surface area contributed by atoms with Gasteiger partial charge in [0.05, 0.1) is 11.1 Å². The van der Waals surface area contributed by atoms with Crippen molar-refractivity contribution in [1.29, 1.82) is 0 Å². The van der Waals surface area contributed by atoms with E-state index in [0.717, 1.165) is 55.7 Å². The summed E-state index contributed by atoms with van der Waals surface area (Å²) >= 11 is 0. The van der Waals surface area contributed by atoms with Crippen LogP contribution in [-0.2, 0) is 5.41 Å². The average Bonchev–Trinajstić information content (AvgIpc) is 3.77. The topological polar surface area (TPSA) is 6.48 Å². The summed E-state index contributed by atoms with van der Waals surface area (Å²) in [5.74, 6) is -0.578. The third kappa shape index (κ3) is 5.19. The Morgan fingerprint density at radius 2 is 0.852 bits per heavy atom. The Morgan fingerprint density at radius 3 is 1.49 bits per heavy atom. The van der Waals surface area contributed by atoms with E-state index in [-0.39, 0.29) is 11.6 Å². The lowest BCUT2D eigenvalue weighted by Crippen LogP contribution is -2.26. The Balaban J connectivity index is 1.19. The highest BCUT2D eigenvalue weighted by molar-refractivity contribution is 6.15. The normalized spacial score (nSPS) is 12.9. The Labute approximate surface area is 352 Å². The minimum Gasteiger partial charge on any atom is -0.310 e. The molecule has 0 amide bonds. The van der Waals surface area contributed by atoms with Crippen molar-refractivity contribution in [1.82, 2.24) is 0 Å². The highest BCUT2D eigenvalue weighted by Gasteiger charge is 2.53. The first kappa shape index (κ1) is 35.2. The molecule has 0 atom stereocenters. The third-order valence-corrected chi connectivity index (χ3v) is 12.7. The SMILES string of the molecule is Fc1cccc(N(c2ccccc2)c2ccc3c4c(ccc3c2)-c2c(cc(N(c3ccccc3)c3cccc(F)c3)c3ccccc23)C42c3ccccc3-c3ccccc32)c1. The molecule has 0 heterocycles. The number of fused-ring (bicyclic) bond motifs is 14. The van der Waals surface area contributed by atoms with E-state index in [2.05, 4.69) is 143 Å². The zero-order chi connectivity index (χ0) is 40.7. The molecule has 4 heteroatoms. The average molecular weight is 787 g/mol. The maximum atomic E-state index is 15.2. The predicted molar refractivity (Wildman–Crippen MR) is 247 cm³/mol. The maximum Gasteiger partial charge on any atom is 0.125 e. The number of para-hydroxylation sites is 2. The van der Waals surface area contributed by atoms with Gasteiger partial charge in [0.1, 0.15) is 11.6 Å². The summed E-state index contributed by atoms with van der Waals surface area (Å²) < 4.78 is 30.1. The number of nitrogens with zero attached hydrogens (tertiary/aromatic N) is 2. The van der Waals surface area contributed by atoms with E-state index in [4.69, 9.17) is 0 Å². The molecule has 0 saturated carbocycles. The lowest BCUT2D eigenvalue weighted by Gasteiger charge is -2.33. The Hall–Kier alpha value is -7.82. The summed E-state index contributed by atoms with van der Waals surface area (Å²) in [4.78, 5) is 4.31. The fourth-order valence-electron chi connectivity index (χ4n) is 10.4. The Bertz CT molecular complexity index is 3310. The van der Waals surface area contributed by atoms with Crippen molar-refractivity contribution in [2.45, 2.75) is 5.41 Å². The van der Waals surface area contributed by atoms with Gasteiger partial charge in [0, 0.05) is 33.8 Å². The van der Waals surface area contributed by atoms with E-state index in [9.17, 15) is 4.39 Å². The van der Waals surface area contributed by atoms with E-state index in [0.29, 0.717) is 0 Å². The fraction of sp³-hybridized carbons (Fsp3) is 0.0175. The molecule has 10 aromatic carbocycles. The molecule has 0 bridgehead atoms. The van der Waals surface area contributed by atoms with Crippen LogP contribution in [0, 0.1) is 11.6 Å². The first-order valence-corrected chi connectivity index (χ1v) is 20.6. The van der Waals surface area contributed by atoms with Crippen LogP contribution < -0.4 is 9.80 Å². The number of benzene rings is 10. The summed E-state index contributed by atoms with van der Waals surface area (Å²) in [5.41, 5.74) is 14.3. The third-order valence-electron chi connectivity index (χ3n) is 12.7. The van der Waals surface area contributed by atoms with Crippen molar-refractivity contribution < 1.29 is 8.78 Å². The maximum absolute atomic E-state index is 15.2. The molecule has 0 aromatic heterocycles. The molecular weight excluding hydrogens is 751 g/mol. The van der Waals surface area contributed by atoms with Crippen LogP contribution >= 0.6 is 0 Å². The summed E-state index contributed by atoms with van der Waals surface area (Å²) in [6, 6.07) is 74.0. The van der Waals surface area contributed by atoms with E-state index < -0.39 is 5.41 Å². The van der Waals surface area contributed by atoms with E-state index >= 15 is 4.39 Å². The van der Waals surface area contributed by atoms with Gasteiger partial charge in [0.2, 0.25) is 0 Å². The van der Waals surface area contributed by atoms with Crippen LogP contribution in [0.4, 0.5) is 42.9 Å². The molecular formula is C57H36F2N2. The number of rotatable bonds is 6. The quantitative estimate of drug-likeness (QED) is 0.166. The summed E-state index contributed by atoms with van der Waals surface area (Å²) in [6.07, 6.45) is 0. The van der Waals surface area contributed by atoms with Gasteiger partial charge in [0.15, 0.2) is 0 Å². The van der Waals surface area contributed by atoms with Gasteiger partial charge in [-0.05, 0) is 140 Å². The number of halogens is 2. The van der Waals surface area contributed by atoms with Crippen molar-refractivity contribution in [2.24, 2.45) is 0 Å². The molecule has 12 rings (SSSR count). The second kappa shape index (κ2) is 13.6. The van der Waals surface area contributed by atoms with Crippen molar-refractivity contribution in [3.8, 4) is 22.3 Å². The van der Waals surface area contributed by atoms with Crippen LogP contribution in [0.3, 0.4) is 0 Å². The molecule has 61 heavy (non-hydrogen) atoms. The Kier molecular flexibility index (Phi) is 7.85. The number of hydrogen-bond acceptors (Lipinski definition) is 2. The zero-order valence-corrected chi connectivity index (χ0v) is 32.9. The monoisotopic (exact) mass is 786 g/mol. The molecule has 2 aliphatic carbocycles. The molecule has 0 aliphatic heterocycles. The van der Waals surface area contributed by atoms with Crippen molar-refractivity contribution >= 4 is 55.7 Å². The van der Waals surface area contributed by atoms with Crippen LogP contribution in [0.5, 0.6) is 0 Å². The largest absolute Gasteiger partial charge is 0.310 e. The standard InChI is InChI=1S/C57H36F2N2/c58-38-15-13-21-42(34-38)60(40-17-3-1-4-18-40)44-30-32-45-37(33-44)29-31-50-55-49-26-8-7-25-48(49)54(61(41-19-5-2-6-20-41)43-22-14-16-39(59)35-43)36-53(55)57(56(45)50)51-27-11-9-23-46(51)47-24-10-12-28-52(47)57/h1-36H. The second-order valence-corrected chi connectivity index (χ2v) is 15.9. The van der Waals surface area contributed by atoms with Gasteiger partial charge in [-0.25, -0.2) is 8.78 Å². The van der Waals surface area contributed by atoms with Gasteiger partial charge in [-0.15, -0.1) is 0 Å². The van der Waals surface area contributed by atoms with E-state index in [1.54, 1.807) is 24.3 Å². The summed E-state index contributed by atoms with van der Waals surface area (Å²) in [6.45, 7) is 0. The van der Waals surface area contributed by atoms with E-state index in [1.807, 2.05) is 48.5 Å². The minimum absolute atomic E-state index is 0.287. The predicted octanol–water partition coefficient (Wildman–Crippen LogP) is 15.6. The fourth-order valence-corrected chi connectivity index (χ4v) is 10.4. The van der Waals surface area contributed by atoms with Gasteiger partial charge in [-0.3, -0.25) is 0 Å². The zero-order valence-electron chi connectivity index (χ0n) is 32.9. The molecule has 0 radical (unpaired) electrons. The van der Waals surface area contributed by atoms with Crippen LogP contribution in [0.15, 0.2) is 218 Å². The highest BCUT2D eigenvalue weighted by atomic mass is 19.1. The summed E-state index contributed by atoms with van der Waals surface area (Å²) in [7, 11) is 0. The van der Waals surface area contributed by atoms with Gasteiger partial charge in [0.25, 0.3) is 0 Å². The van der Waals surface area contributed by atoms with Crippen molar-refractivity contribution in [3.63, 3.8) is 0 Å². The lowest BCUT2D eigenvalue weighted by molar-refractivity contribution is 0.627. The molecule has 0 saturated heterocycles. The van der Waals surface area contributed by atoms with Crippen LogP contribution in [0.2, 0.25) is 0 Å². The molecule has 10 aromatic rings. The van der Waals surface area contributed by atoms with Crippen LogP contribution in [0.1, 0.15) is 22.3 Å². The molecule has 0 unspecified atom stereocenters. The summed E-state index contributed by atoms with van der Waals surface area (Å²) in [5, 5.41) is 4.43. The van der Waals surface area contributed by atoms with Gasteiger partial charge in [-0.2, -0.15) is 0 Å². The van der Waals surface area contributed by atoms with Crippen molar-refractivity contribution in [2.75, 3.05) is 9.80 Å². The molecule has 1 spiro atoms. The highest BCUT2D eigenvalue weighted by Crippen LogP contribution is 2.66. The smallest absolute Gasteiger partial charge is 0.125 e. The van der Waals surface area contributed by atoms with Crippen molar-refractivity contribution in [3.05, 3.63) is 252 Å². The molecule has 0 fully saturated rings. The first-order valence-electron chi connectivity index (χ1n) is 20.6. The molecule has 0 N–H and O–H groups in total. The lowest BCUT2D eigenvalue weighted by atomic mass is 9.69. The first-order chi connectivity index (χ1) is 30.1. The van der Waals surface area contributed by atoms with Gasteiger partial charge in [-0.1, -0.05) is 140 Å². The van der Waals surface area contributed by atoms with Crippen LogP contribution in [0.25, 0.3) is 43.8 Å². The minimum atomic E-state index is -0.691. The Morgan fingerprint density at radius 1 is 0.328 bits per heavy atom. The molecule has 288 valence electrons.